The lowest BCUT2D eigenvalue weighted by Crippen LogP contribution is -2.47. The number of benzene rings is 1. The molecule has 3 aromatic rings. The maximum Gasteiger partial charge on any atom is 0.241 e. The van der Waals surface area contributed by atoms with Gasteiger partial charge >= 0.3 is 0 Å². The predicted octanol–water partition coefficient (Wildman–Crippen LogP) is 3.20. The molecule has 3 N–H and O–H groups in total. The molecule has 2 aliphatic rings. The number of aromatic nitrogens is 3. The van der Waals surface area contributed by atoms with Gasteiger partial charge in [0.15, 0.2) is 5.82 Å². The standard InChI is InChI=1S/C25H28FN7O/c1-15(2)21-13-22(32-31-21)25(34)33-11-8-20-19(14-33)24(28-18-5-3-4-17(26)12-18)30-23(29-20)16-6-9-27-10-7-16/h3-7,9-10,12,15,21-22,31-32H,8,11,13-14H2,1-2H3,(H,28,29,30). The monoisotopic (exact) mass is 461 g/mol. The molecule has 34 heavy (non-hydrogen) atoms. The summed E-state index contributed by atoms with van der Waals surface area (Å²) in [6, 6.07) is 9.98. The summed E-state index contributed by atoms with van der Waals surface area (Å²) in [7, 11) is 0. The molecule has 2 unspecified atom stereocenters. The van der Waals surface area contributed by atoms with Crippen molar-refractivity contribution >= 4 is 17.4 Å². The zero-order chi connectivity index (χ0) is 23.7. The Labute approximate surface area is 198 Å². The van der Waals surface area contributed by atoms with E-state index < -0.39 is 0 Å². The number of nitrogens with zero attached hydrogens (tertiary/aromatic N) is 4. The highest BCUT2D eigenvalue weighted by atomic mass is 19.1. The Balaban J connectivity index is 1.45. The maximum absolute atomic E-state index is 13.8. The largest absolute Gasteiger partial charge is 0.340 e. The van der Waals surface area contributed by atoms with Crippen molar-refractivity contribution in [2.75, 3.05) is 11.9 Å². The second kappa shape index (κ2) is 9.44. The first-order chi connectivity index (χ1) is 16.5. The van der Waals surface area contributed by atoms with Crippen LogP contribution in [0.4, 0.5) is 15.9 Å². The third-order valence-corrected chi connectivity index (χ3v) is 6.43. The maximum atomic E-state index is 13.8. The Morgan fingerprint density at radius 1 is 1.18 bits per heavy atom. The zero-order valence-corrected chi connectivity index (χ0v) is 19.3. The van der Waals surface area contributed by atoms with E-state index in [-0.39, 0.29) is 23.8 Å². The minimum Gasteiger partial charge on any atom is -0.340 e. The molecule has 1 aromatic carbocycles. The van der Waals surface area contributed by atoms with Crippen LogP contribution in [0, 0.1) is 11.7 Å². The number of hydrogen-bond donors (Lipinski definition) is 3. The minimum absolute atomic E-state index is 0.0659. The smallest absolute Gasteiger partial charge is 0.241 e. The van der Waals surface area contributed by atoms with Crippen LogP contribution in [0.3, 0.4) is 0 Å². The molecule has 0 spiro atoms. The van der Waals surface area contributed by atoms with E-state index >= 15 is 0 Å². The third-order valence-electron chi connectivity index (χ3n) is 6.43. The van der Waals surface area contributed by atoms with Gasteiger partial charge < -0.3 is 10.2 Å². The molecule has 2 aliphatic heterocycles. The van der Waals surface area contributed by atoms with Crippen molar-refractivity contribution in [1.29, 1.82) is 0 Å². The van der Waals surface area contributed by atoms with E-state index in [0.717, 1.165) is 23.2 Å². The summed E-state index contributed by atoms with van der Waals surface area (Å²) >= 11 is 0. The number of nitrogens with one attached hydrogen (secondary N) is 3. The van der Waals surface area contributed by atoms with Crippen LogP contribution < -0.4 is 16.2 Å². The van der Waals surface area contributed by atoms with E-state index in [1.807, 2.05) is 17.0 Å². The molecule has 0 saturated carbocycles. The fourth-order valence-electron chi connectivity index (χ4n) is 4.44. The molecule has 0 bridgehead atoms. The Kier molecular flexibility index (Phi) is 6.21. The molecule has 5 rings (SSSR count). The SMILES string of the molecule is CC(C)C1CC(C(=O)N2CCc3nc(-c4ccncc4)nc(Nc4cccc(F)c4)c3C2)NN1. The highest BCUT2D eigenvalue weighted by molar-refractivity contribution is 5.83. The lowest BCUT2D eigenvalue weighted by atomic mass is 9.98. The molecule has 4 heterocycles. The van der Waals surface area contributed by atoms with E-state index in [4.69, 9.17) is 9.97 Å². The second-order valence-corrected chi connectivity index (χ2v) is 9.13. The molecule has 9 heteroatoms. The molecule has 8 nitrogen and oxygen atoms in total. The van der Waals surface area contributed by atoms with Gasteiger partial charge in [-0.2, -0.15) is 0 Å². The number of anilines is 2. The van der Waals surface area contributed by atoms with E-state index in [0.29, 0.717) is 42.8 Å². The van der Waals surface area contributed by atoms with Gasteiger partial charge in [0.05, 0.1) is 12.2 Å². The summed E-state index contributed by atoms with van der Waals surface area (Å²) in [5, 5.41) is 3.26. The number of pyridine rings is 1. The zero-order valence-electron chi connectivity index (χ0n) is 19.3. The van der Waals surface area contributed by atoms with Gasteiger partial charge in [0, 0.05) is 48.2 Å². The van der Waals surface area contributed by atoms with Crippen LogP contribution in [-0.4, -0.2) is 44.4 Å². The molecule has 2 atom stereocenters. The molecule has 0 radical (unpaired) electrons. The average Bonchev–Trinajstić information content (AvgIpc) is 3.35. The summed E-state index contributed by atoms with van der Waals surface area (Å²) in [6.45, 7) is 5.27. The summed E-state index contributed by atoms with van der Waals surface area (Å²) in [6.07, 6.45) is 4.77. The number of carbonyl (C=O) groups is 1. The third kappa shape index (κ3) is 4.62. The van der Waals surface area contributed by atoms with Crippen LogP contribution in [-0.2, 0) is 17.8 Å². The lowest BCUT2D eigenvalue weighted by molar-refractivity contribution is -0.134. The highest BCUT2D eigenvalue weighted by Gasteiger charge is 2.35. The number of hydrazine groups is 1. The van der Waals surface area contributed by atoms with Crippen LogP contribution in [0.25, 0.3) is 11.4 Å². The van der Waals surface area contributed by atoms with Crippen LogP contribution in [0.5, 0.6) is 0 Å². The van der Waals surface area contributed by atoms with Gasteiger partial charge in [0.2, 0.25) is 5.91 Å². The molecule has 1 saturated heterocycles. The van der Waals surface area contributed by atoms with Gasteiger partial charge in [-0.3, -0.25) is 15.2 Å². The van der Waals surface area contributed by atoms with Crippen molar-refractivity contribution < 1.29 is 9.18 Å². The van der Waals surface area contributed by atoms with Crippen molar-refractivity contribution in [3.63, 3.8) is 0 Å². The van der Waals surface area contributed by atoms with Crippen LogP contribution in [0.15, 0.2) is 48.8 Å². The van der Waals surface area contributed by atoms with Crippen LogP contribution in [0.1, 0.15) is 31.5 Å². The van der Waals surface area contributed by atoms with Gasteiger partial charge in [-0.15, -0.1) is 0 Å². The van der Waals surface area contributed by atoms with E-state index in [2.05, 4.69) is 35.0 Å². The number of fused-ring (bicyclic) bond motifs is 1. The first-order valence-corrected chi connectivity index (χ1v) is 11.6. The second-order valence-electron chi connectivity index (χ2n) is 9.13. The van der Waals surface area contributed by atoms with Crippen molar-refractivity contribution in [3.05, 3.63) is 65.9 Å². The quantitative estimate of drug-likeness (QED) is 0.537. The summed E-state index contributed by atoms with van der Waals surface area (Å²) in [5.41, 5.74) is 9.59. The Bertz CT molecular complexity index is 1190. The molecular weight excluding hydrogens is 433 g/mol. The number of halogens is 1. The summed E-state index contributed by atoms with van der Waals surface area (Å²) in [5.74, 6) is 1.32. The Hall–Kier alpha value is -3.43. The number of amides is 1. The predicted molar refractivity (Wildman–Crippen MR) is 127 cm³/mol. The first-order valence-electron chi connectivity index (χ1n) is 11.6. The number of rotatable bonds is 5. The molecule has 0 aliphatic carbocycles. The average molecular weight is 462 g/mol. The Morgan fingerprint density at radius 3 is 2.74 bits per heavy atom. The molecule has 176 valence electrons. The van der Waals surface area contributed by atoms with E-state index in [9.17, 15) is 9.18 Å². The first kappa shape index (κ1) is 22.4. The lowest BCUT2D eigenvalue weighted by Gasteiger charge is -2.31. The number of carbonyl (C=O) groups excluding carboxylic acids is 1. The number of hydrogen-bond acceptors (Lipinski definition) is 7. The Morgan fingerprint density at radius 2 is 2.00 bits per heavy atom. The van der Waals surface area contributed by atoms with Gasteiger partial charge in [-0.05, 0) is 42.7 Å². The highest BCUT2D eigenvalue weighted by Crippen LogP contribution is 2.30. The fraction of sp³-hybridized carbons (Fsp3) is 0.360. The van der Waals surface area contributed by atoms with E-state index in [1.54, 1.807) is 24.5 Å². The van der Waals surface area contributed by atoms with Crippen molar-refractivity contribution in [1.82, 2.24) is 30.7 Å². The minimum atomic E-state index is -0.335. The van der Waals surface area contributed by atoms with Crippen molar-refractivity contribution in [2.45, 2.75) is 45.3 Å². The molecule has 1 fully saturated rings. The fourth-order valence-corrected chi connectivity index (χ4v) is 4.44. The van der Waals surface area contributed by atoms with Gasteiger partial charge in [0.25, 0.3) is 0 Å². The van der Waals surface area contributed by atoms with E-state index in [1.165, 1.54) is 12.1 Å². The van der Waals surface area contributed by atoms with Crippen molar-refractivity contribution in [3.8, 4) is 11.4 Å². The molecule has 2 aromatic heterocycles. The van der Waals surface area contributed by atoms with Crippen LogP contribution in [0.2, 0.25) is 0 Å². The molecule has 1 amide bonds. The summed E-state index contributed by atoms with van der Waals surface area (Å²) < 4.78 is 13.8. The summed E-state index contributed by atoms with van der Waals surface area (Å²) in [4.78, 5) is 28.8. The van der Waals surface area contributed by atoms with Crippen LogP contribution >= 0.6 is 0 Å². The van der Waals surface area contributed by atoms with Gasteiger partial charge in [-0.1, -0.05) is 19.9 Å². The van der Waals surface area contributed by atoms with Gasteiger partial charge in [-0.25, -0.2) is 19.8 Å². The normalized spacial score (nSPS) is 19.8. The molecular formula is C25H28FN7O. The van der Waals surface area contributed by atoms with Gasteiger partial charge in [0.1, 0.15) is 17.7 Å². The topological polar surface area (TPSA) is 95.1 Å². The van der Waals surface area contributed by atoms with Crippen molar-refractivity contribution in [2.24, 2.45) is 5.92 Å².